The van der Waals surface area contributed by atoms with Crippen LogP contribution in [0.25, 0.3) is 11.4 Å². The van der Waals surface area contributed by atoms with E-state index in [0.717, 1.165) is 15.9 Å². The predicted molar refractivity (Wildman–Crippen MR) is 77.4 cm³/mol. The maximum atomic E-state index is 6.22. The first-order valence-electron chi connectivity index (χ1n) is 5.23. The molecule has 0 aliphatic carbocycles. The molecule has 18 heavy (non-hydrogen) atoms. The van der Waals surface area contributed by atoms with Crippen molar-refractivity contribution in [3.8, 4) is 11.4 Å². The molecule has 0 aliphatic rings. The Morgan fingerprint density at radius 2 is 2.33 bits per heavy atom. The minimum absolute atomic E-state index is 0.557. The Balaban J connectivity index is 2.47. The van der Waals surface area contributed by atoms with E-state index in [-0.39, 0.29) is 0 Å². The van der Waals surface area contributed by atoms with E-state index in [0.29, 0.717) is 22.9 Å². The van der Waals surface area contributed by atoms with Crippen molar-refractivity contribution in [1.82, 2.24) is 14.8 Å². The highest BCUT2D eigenvalue weighted by atomic mass is 79.9. The fraction of sp³-hybridized carbons (Fsp3) is 0.273. The molecule has 2 aromatic rings. The topological polar surface area (TPSA) is 42.8 Å². The first kappa shape index (κ1) is 13.7. The molecule has 0 spiro atoms. The molecule has 0 atom stereocenters. The molecule has 1 heterocycles. The van der Waals surface area contributed by atoms with E-state index in [4.69, 9.17) is 28.6 Å². The summed E-state index contributed by atoms with van der Waals surface area (Å²) >= 11 is 14.8. The molecule has 0 unspecified atom stereocenters. The number of nitrogens with zero attached hydrogens (tertiary/aromatic N) is 2. The van der Waals surface area contributed by atoms with E-state index in [1.165, 1.54) is 0 Å². The summed E-state index contributed by atoms with van der Waals surface area (Å²) < 4.78 is 8.41. The molecule has 96 valence electrons. The Labute approximate surface area is 123 Å². The maximum absolute atomic E-state index is 6.22. The van der Waals surface area contributed by atoms with Crippen molar-refractivity contribution >= 4 is 39.7 Å². The van der Waals surface area contributed by atoms with Crippen LogP contribution in [0, 0.1) is 4.77 Å². The van der Waals surface area contributed by atoms with Gasteiger partial charge in [-0.05, 0) is 30.4 Å². The highest BCUT2D eigenvalue weighted by molar-refractivity contribution is 9.10. The van der Waals surface area contributed by atoms with Crippen LogP contribution in [0.1, 0.15) is 0 Å². The van der Waals surface area contributed by atoms with Gasteiger partial charge in [-0.3, -0.25) is 9.67 Å². The van der Waals surface area contributed by atoms with Crippen LogP contribution in [0.2, 0.25) is 5.02 Å². The lowest BCUT2D eigenvalue weighted by Crippen LogP contribution is -2.06. The van der Waals surface area contributed by atoms with Gasteiger partial charge in [0.2, 0.25) is 0 Å². The number of benzene rings is 1. The number of aromatic amines is 1. The molecule has 0 radical (unpaired) electrons. The second-order valence-corrected chi connectivity index (χ2v) is 5.33. The number of hydrogen-bond donors (Lipinski definition) is 1. The highest BCUT2D eigenvalue weighted by Crippen LogP contribution is 2.29. The smallest absolute Gasteiger partial charge is 0.195 e. The monoisotopic (exact) mass is 347 g/mol. The van der Waals surface area contributed by atoms with Crippen molar-refractivity contribution in [1.29, 1.82) is 0 Å². The third-order valence-electron chi connectivity index (χ3n) is 2.45. The summed E-state index contributed by atoms with van der Waals surface area (Å²) in [6.07, 6.45) is 0. The maximum Gasteiger partial charge on any atom is 0.195 e. The molecule has 7 heteroatoms. The number of nitrogens with one attached hydrogen (secondary N) is 1. The van der Waals surface area contributed by atoms with Gasteiger partial charge in [0.15, 0.2) is 10.6 Å². The Morgan fingerprint density at radius 1 is 1.56 bits per heavy atom. The molecule has 4 nitrogen and oxygen atoms in total. The van der Waals surface area contributed by atoms with Gasteiger partial charge in [-0.2, -0.15) is 5.10 Å². The van der Waals surface area contributed by atoms with Crippen LogP contribution >= 0.6 is 39.7 Å². The van der Waals surface area contributed by atoms with Crippen LogP contribution in [-0.2, 0) is 11.3 Å². The van der Waals surface area contributed by atoms with Gasteiger partial charge in [0, 0.05) is 17.1 Å². The molecule has 0 aliphatic heterocycles. The number of methoxy groups -OCH3 is 1. The van der Waals surface area contributed by atoms with Crippen LogP contribution in [0.15, 0.2) is 22.7 Å². The van der Waals surface area contributed by atoms with Crippen molar-refractivity contribution in [2.75, 3.05) is 13.7 Å². The summed E-state index contributed by atoms with van der Waals surface area (Å²) in [5.41, 5.74) is 0.836. The lowest BCUT2D eigenvalue weighted by molar-refractivity contribution is 0.187. The van der Waals surface area contributed by atoms with Crippen LogP contribution in [-0.4, -0.2) is 28.5 Å². The van der Waals surface area contributed by atoms with E-state index >= 15 is 0 Å². The fourth-order valence-corrected chi connectivity index (χ4v) is 2.57. The van der Waals surface area contributed by atoms with Gasteiger partial charge >= 0.3 is 0 Å². The summed E-state index contributed by atoms with van der Waals surface area (Å²) in [5.74, 6) is 0.717. The zero-order valence-electron chi connectivity index (χ0n) is 9.61. The number of hydrogen-bond acceptors (Lipinski definition) is 3. The number of H-pyrrole nitrogens is 1. The molecular formula is C11H11BrClN3OS. The zero-order valence-corrected chi connectivity index (χ0v) is 12.8. The normalized spacial score (nSPS) is 10.8. The van der Waals surface area contributed by atoms with Crippen molar-refractivity contribution in [2.24, 2.45) is 0 Å². The summed E-state index contributed by atoms with van der Waals surface area (Å²) in [5, 5.41) is 7.62. The highest BCUT2D eigenvalue weighted by Gasteiger charge is 2.12. The van der Waals surface area contributed by atoms with Crippen LogP contribution < -0.4 is 0 Å². The van der Waals surface area contributed by atoms with E-state index in [2.05, 4.69) is 26.1 Å². The van der Waals surface area contributed by atoms with Gasteiger partial charge in [-0.15, -0.1) is 0 Å². The quantitative estimate of drug-likeness (QED) is 0.857. The van der Waals surface area contributed by atoms with Crippen molar-refractivity contribution in [2.45, 2.75) is 6.54 Å². The van der Waals surface area contributed by atoms with E-state index in [1.807, 2.05) is 22.8 Å². The van der Waals surface area contributed by atoms with Gasteiger partial charge in [0.1, 0.15) is 0 Å². The lowest BCUT2D eigenvalue weighted by Gasteiger charge is -2.07. The number of aromatic nitrogens is 3. The second-order valence-electron chi connectivity index (χ2n) is 3.62. The summed E-state index contributed by atoms with van der Waals surface area (Å²) in [6.45, 7) is 1.20. The van der Waals surface area contributed by atoms with Crippen LogP contribution in [0.3, 0.4) is 0 Å². The largest absolute Gasteiger partial charge is 0.383 e. The summed E-state index contributed by atoms with van der Waals surface area (Å²) in [6, 6.07) is 5.65. The van der Waals surface area contributed by atoms with Crippen LogP contribution in [0.4, 0.5) is 0 Å². The molecule has 0 saturated carbocycles. The third kappa shape index (κ3) is 2.83. The Hall–Kier alpha value is -0.690. The molecule has 0 saturated heterocycles. The van der Waals surface area contributed by atoms with Gasteiger partial charge in [-0.1, -0.05) is 27.5 Å². The second kappa shape index (κ2) is 5.97. The van der Waals surface area contributed by atoms with Gasteiger partial charge in [-0.25, -0.2) is 0 Å². The Bertz CT molecular complexity index is 611. The van der Waals surface area contributed by atoms with E-state index < -0.39 is 0 Å². The molecule has 1 N–H and O–H groups in total. The third-order valence-corrected chi connectivity index (χ3v) is 3.57. The summed E-state index contributed by atoms with van der Waals surface area (Å²) in [7, 11) is 1.65. The first-order valence-corrected chi connectivity index (χ1v) is 6.81. The van der Waals surface area contributed by atoms with Crippen molar-refractivity contribution in [3.05, 3.63) is 32.5 Å². The Morgan fingerprint density at radius 3 is 3.00 bits per heavy atom. The van der Waals surface area contributed by atoms with Crippen molar-refractivity contribution in [3.63, 3.8) is 0 Å². The lowest BCUT2D eigenvalue weighted by atomic mass is 10.2. The summed E-state index contributed by atoms with van der Waals surface area (Å²) in [4.78, 5) is 0. The number of rotatable bonds is 4. The molecule has 1 aromatic carbocycles. The van der Waals surface area contributed by atoms with Gasteiger partial charge in [0.25, 0.3) is 0 Å². The molecular weight excluding hydrogens is 338 g/mol. The molecule has 1 aromatic heterocycles. The zero-order chi connectivity index (χ0) is 13.1. The average molecular weight is 349 g/mol. The van der Waals surface area contributed by atoms with Crippen LogP contribution in [0.5, 0.6) is 0 Å². The minimum Gasteiger partial charge on any atom is -0.383 e. The molecule has 0 amide bonds. The van der Waals surface area contributed by atoms with Gasteiger partial charge in [0.05, 0.1) is 18.2 Å². The number of ether oxygens (including phenoxy) is 1. The standard InChI is InChI=1S/C11H11BrClN3OS/c1-17-5-4-16-10(14-15-11(16)18)8-3-2-7(12)6-9(8)13/h2-3,6H,4-5H2,1H3,(H,15,18). The SMILES string of the molecule is COCCn1c(-c2ccc(Br)cc2Cl)n[nH]c1=S. The van der Waals surface area contributed by atoms with E-state index in [1.54, 1.807) is 7.11 Å². The minimum atomic E-state index is 0.557. The average Bonchev–Trinajstić information content (AvgIpc) is 2.68. The predicted octanol–water partition coefficient (Wildman–Crippen LogP) is 3.67. The molecule has 0 bridgehead atoms. The van der Waals surface area contributed by atoms with Crippen molar-refractivity contribution < 1.29 is 4.74 Å². The fourth-order valence-electron chi connectivity index (χ4n) is 1.58. The number of halogens is 2. The van der Waals surface area contributed by atoms with Gasteiger partial charge < -0.3 is 4.74 Å². The Kier molecular flexibility index (Phi) is 4.55. The van der Waals surface area contributed by atoms with E-state index in [9.17, 15) is 0 Å². The molecule has 2 rings (SSSR count). The molecule has 0 fully saturated rings. The first-order chi connectivity index (χ1) is 8.63.